The van der Waals surface area contributed by atoms with Crippen LogP contribution in [0.5, 0.6) is 0 Å². The van der Waals surface area contributed by atoms with Gasteiger partial charge in [-0.15, -0.1) is 24.0 Å². The summed E-state index contributed by atoms with van der Waals surface area (Å²) in [6.07, 6.45) is 3.19. The summed E-state index contributed by atoms with van der Waals surface area (Å²) in [7, 11) is 1.73. The standard InChI is InChI=1S/C22H31ClN6O.HI/c1-4-29(5-2)20(18-10-6-7-11-19(18)23)16-28-22(24-3)27-14-13-26-21(30)17-9-8-12-25-15-17;/h6-12,15,20H,4-5,13-14,16H2,1-3H3,(H,26,30)(H2,24,27,28);1H. The fourth-order valence-corrected chi connectivity index (χ4v) is 3.48. The number of guanidine groups is 1. The number of hydrogen-bond donors (Lipinski definition) is 3. The smallest absolute Gasteiger partial charge is 0.252 e. The molecule has 0 aliphatic heterocycles. The molecule has 1 heterocycles. The van der Waals surface area contributed by atoms with Crippen LogP contribution in [0.4, 0.5) is 0 Å². The first-order chi connectivity index (χ1) is 14.6. The Morgan fingerprint density at radius 3 is 2.42 bits per heavy atom. The molecule has 0 aliphatic rings. The van der Waals surface area contributed by atoms with Crippen molar-refractivity contribution in [2.24, 2.45) is 4.99 Å². The molecule has 0 saturated heterocycles. The second kappa shape index (κ2) is 15.0. The number of hydrogen-bond acceptors (Lipinski definition) is 4. The van der Waals surface area contributed by atoms with Crippen LogP contribution in [0.1, 0.15) is 35.8 Å². The van der Waals surface area contributed by atoms with E-state index in [4.69, 9.17) is 11.6 Å². The molecule has 0 spiro atoms. The van der Waals surface area contributed by atoms with Crippen molar-refractivity contribution in [3.8, 4) is 0 Å². The van der Waals surface area contributed by atoms with Crippen LogP contribution in [0.3, 0.4) is 0 Å². The van der Waals surface area contributed by atoms with E-state index in [2.05, 4.69) is 50.7 Å². The van der Waals surface area contributed by atoms with E-state index in [0.717, 1.165) is 23.7 Å². The van der Waals surface area contributed by atoms with Gasteiger partial charge >= 0.3 is 0 Å². The Labute approximate surface area is 207 Å². The Bertz CT molecular complexity index is 817. The molecule has 3 N–H and O–H groups in total. The molecule has 0 fully saturated rings. The molecule has 1 atom stereocenters. The summed E-state index contributed by atoms with van der Waals surface area (Å²) >= 11 is 6.46. The third-order valence-electron chi connectivity index (χ3n) is 4.83. The minimum Gasteiger partial charge on any atom is -0.355 e. The zero-order valence-corrected chi connectivity index (χ0v) is 21.4. The lowest BCUT2D eigenvalue weighted by Crippen LogP contribution is -2.45. The molecular formula is C22H32ClIN6O. The molecule has 0 aliphatic carbocycles. The number of nitrogens with zero attached hydrogens (tertiary/aromatic N) is 3. The molecule has 1 aromatic heterocycles. The van der Waals surface area contributed by atoms with Gasteiger partial charge in [0, 0.05) is 44.1 Å². The van der Waals surface area contributed by atoms with E-state index in [0.29, 0.717) is 31.2 Å². The lowest BCUT2D eigenvalue weighted by molar-refractivity contribution is 0.0954. The van der Waals surface area contributed by atoms with Crippen molar-refractivity contribution in [3.05, 3.63) is 64.9 Å². The molecule has 31 heavy (non-hydrogen) atoms. The van der Waals surface area contributed by atoms with Gasteiger partial charge in [0.05, 0.1) is 11.6 Å². The SMILES string of the molecule is CCN(CC)C(CNC(=NC)NCCNC(=O)c1cccnc1)c1ccccc1Cl.I. The van der Waals surface area contributed by atoms with Crippen molar-refractivity contribution in [2.45, 2.75) is 19.9 Å². The molecule has 0 saturated carbocycles. The van der Waals surface area contributed by atoms with Gasteiger partial charge in [-0.1, -0.05) is 43.6 Å². The number of nitrogens with one attached hydrogen (secondary N) is 3. The molecule has 0 radical (unpaired) electrons. The number of carbonyl (C=O) groups excluding carboxylic acids is 1. The largest absolute Gasteiger partial charge is 0.355 e. The van der Waals surface area contributed by atoms with Crippen molar-refractivity contribution >= 4 is 47.4 Å². The van der Waals surface area contributed by atoms with Crippen LogP contribution in [0.25, 0.3) is 0 Å². The van der Waals surface area contributed by atoms with Gasteiger partial charge in [-0.05, 0) is 36.9 Å². The van der Waals surface area contributed by atoms with Gasteiger partial charge in [-0.25, -0.2) is 0 Å². The quantitative estimate of drug-likeness (QED) is 0.180. The zero-order chi connectivity index (χ0) is 21.8. The minimum atomic E-state index is -0.145. The first kappa shape index (κ1) is 27.1. The van der Waals surface area contributed by atoms with Gasteiger partial charge < -0.3 is 16.0 Å². The summed E-state index contributed by atoms with van der Waals surface area (Å²) in [6.45, 7) is 7.80. The Morgan fingerprint density at radius 2 is 1.81 bits per heavy atom. The fourth-order valence-electron chi connectivity index (χ4n) is 3.22. The Kier molecular flexibility index (Phi) is 13.1. The molecule has 2 rings (SSSR count). The Balaban J connectivity index is 0.00000480. The predicted octanol–water partition coefficient (Wildman–Crippen LogP) is 3.33. The number of amides is 1. The van der Waals surface area contributed by atoms with Gasteiger partial charge in [0.1, 0.15) is 0 Å². The average molecular weight is 559 g/mol. The van der Waals surface area contributed by atoms with Crippen molar-refractivity contribution < 1.29 is 4.79 Å². The number of carbonyl (C=O) groups is 1. The van der Waals surface area contributed by atoms with E-state index >= 15 is 0 Å². The number of halogens is 2. The van der Waals surface area contributed by atoms with Crippen LogP contribution in [-0.4, -0.2) is 61.5 Å². The van der Waals surface area contributed by atoms with E-state index in [1.54, 1.807) is 31.6 Å². The number of aliphatic imine (C=N–C) groups is 1. The topological polar surface area (TPSA) is 81.6 Å². The Morgan fingerprint density at radius 1 is 1.10 bits per heavy atom. The van der Waals surface area contributed by atoms with Gasteiger partial charge in [-0.2, -0.15) is 0 Å². The number of benzene rings is 1. The fraction of sp³-hybridized carbons (Fsp3) is 0.409. The van der Waals surface area contributed by atoms with Crippen LogP contribution >= 0.6 is 35.6 Å². The third kappa shape index (κ3) is 8.62. The third-order valence-corrected chi connectivity index (χ3v) is 5.17. The molecule has 1 unspecified atom stereocenters. The van der Waals surface area contributed by atoms with E-state index in [1.807, 2.05) is 18.2 Å². The molecule has 170 valence electrons. The lowest BCUT2D eigenvalue weighted by Gasteiger charge is -2.31. The summed E-state index contributed by atoms with van der Waals surface area (Å²) in [6, 6.07) is 11.5. The maximum Gasteiger partial charge on any atom is 0.252 e. The summed E-state index contributed by atoms with van der Waals surface area (Å²) < 4.78 is 0. The lowest BCUT2D eigenvalue weighted by atomic mass is 10.0. The van der Waals surface area contributed by atoms with Crippen molar-refractivity contribution in [1.29, 1.82) is 0 Å². The molecule has 1 aromatic carbocycles. The first-order valence-corrected chi connectivity index (χ1v) is 10.6. The van der Waals surface area contributed by atoms with E-state index in [1.165, 1.54) is 0 Å². The predicted molar refractivity (Wildman–Crippen MR) is 138 cm³/mol. The van der Waals surface area contributed by atoms with Gasteiger partial charge in [0.15, 0.2) is 5.96 Å². The molecule has 0 bridgehead atoms. The second-order valence-electron chi connectivity index (χ2n) is 6.64. The molecule has 9 heteroatoms. The summed E-state index contributed by atoms with van der Waals surface area (Å²) in [4.78, 5) is 22.7. The highest BCUT2D eigenvalue weighted by Crippen LogP contribution is 2.26. The summed E-state index contributed by atoms with van der Waals surface area (Å²) in [5.41, 5.74) is 1.64. The second-order valence-corrected chi connectivity index (χ2v) is 7.04. The highest BCUT2D eigenvalue weighted by molar-refractivity contribution is 14.0. The number of aromatic nitrogens is 1. The van der Waals surface area contributed by atoms with Crippen LogP contribution < -0.4 is 16.0 Å². The number of likely N-dealkylation sites (N-methyl/N-ethyl adjacent to an activating group) is 1. The van der Waals surface area contributed by atoms with Crippen LogP contribution in [-0.2, 0) is 0 Å². The minimum absolute atomic E-state index is 0. The maximum atomic E-state index is 12.1. The van der Waals surface area contributed by atoms with E-state index in [9.17, 15) is 4.79 Å². The summed E-state index contributed by atoms with van der Waals surface area (Å²) in [5, 5.41) is 10.2. The maximum absolute atomic E-state index is 12.1. The zero-order valence-electron chi connectivity index (χ0n) is 18.3. The van der Waals surface area contributed by atoms with Crippen molar-refractivity contribution in [1.82, 2.24) is 25.8 Å². The Hall–Kier alpha value is -1.91. The van der Waals surface area contributed by atoms with Gasteiger partial charge in [0.25, 0.3) is 5.91 Å². The van der Waals surface area contributed by atoms with Crippen LogP contribution in [0.2, 0.25) is 5.02 Å². The molecule has 7 nitrogen and oxygen atoms in total. The van der Waals surface area contributed by atoms with Crippen LogP contribution in [0, 0.1) is 0 Å². The highest BCUT2D eigenvalue weighted by atomic mass is 127. The van der Waals surface area contributed by atoms with Crippen molar-refractivity contribution in [3.63, 3.8) is 0 Å². The van der Waals surface area contributed by atoms with Gasteiger partial charge in [0.2, 0.25) is 0 Å². The highest BCUT2D eigenvalue weighted by Gasteiger charge is 2.20. The average Bonchev–Trinajstić information content (AvgIpc) is 2.78. The molecule has 2 aromatic rings. The summed E-state index contributed by atoms with van der Waals surface area (Å²) in [5.74, 6) is 0.531. The molecular weight excluding hydrogens is 527 g/mol. The van der Waals surface area contributed by atoms with Crippen molar-refractivity contribution in [2.75, 3.05) is 39.8 Å². The van der Waals surface area contributed by atoms with E-state index in [-0.39, 0.29) is 35.9 Å². The van der Waals surface area contributed by atoms with E-state index < -0.39 is 0 Å². The number of rotatable bonds is 10. The number of pyridine rings is 1. The monoisotopic (exact) mass is 558 g/mol. The van der Waals surface area contributed by atoms with Crippen LogP contribution in [0.15, 0.2) is 53.8 Å². The molecule has 1 amide bonds. The van der Waals surface area contributed by atoms with Gasteiger partial charge in [-0.3, -0.25) is 19.7 Å². The first-order valence-electron chi connectivity index (χ1n) is 10.2. The normalized spacial score (nSPS) is 12.1.